The third kappa shape index (κ3) is 3.27. The van der Waals surface area contributed by atoms with Gasteiger partial charge in [-0.1, -0.05) is 15.9 Å². The number of hydrogen-bond acceptors (Lipinski definition) is 5. The van der Waals surface area contributed by atoms with Crippen LogP contribution in [0.4, 0.5) is 5.82 Å². The van der Waals surface area contributed by atoms with Crippen LogP contribution in [-0.4, -0.2) is 22.5 Å². The molecule has 0 aliphatic rings. The van der Waals surface area contributed by atoms with E-state index < -0.39 is 4.92 Å². The van der Waals surface area contributed by atoms with E-state index in [0.29, 0.717) is 16.6 Å². The van der Waals surface area contributed by atoms with Crippen molar-refractivity contribution in [2.75, 3.05) is 6.61 Å². The summed E-state index contributed by atoms with van der Waals surface area (Å²) in [6.45, 7) is 2.01. The van der Waals surface area contributed by atoms with Crippen molar-refractivity contribution in [3.05, 3.63) is 32.4 Å². The van der Waals surface area contributed by atoms with Crippen LogP contribution in [0.1, 0.15) is 12.5 Å². The Morgan fingerprint density at radius 1 is 1.69 bits per heavy atom. The van der Waals surface area contributed by atoms with Gasteiger partial charge in [-0.25, -0.2) is 0 Å². The molecule has 0 atom stereocenters. The van der Waals surface area contributed by atoms with E-state index in [4.69, 9.17) is 4.74 Å². The number of esters is 1. The van der Waals surface area contributed by atoms with Crippen LogP contribution in [0, 0.1) is 10.1 Å². The van der Waals surface area contributed by atoms with Gasteiger partial charge in [-0.2, -0.15) is 0 Å². The molecular weight excluding hydrogens is 280 g/mol. The lowest BCUT2D eigenvalue weighted by atomic mass is 10.2. The molecule has 0 bridgehead atoms. The number of ether oxygens (including phenoxy) is 1. The van der Waals surface area contributed by atoms with E-state index in [9.17, 15) is 14.9 Å². The Morgan fingerprint density at radius 2 is 2.38 bits per heavy atom. The molecule has 0 aliphatic heterocycles. The number of nitro groups is 1. The van der Waals surface area contributed by atoms with Crippen LogP contribution in [0.15, 0.2) is 16.7 Å². The summed E-state index contributed by atoms with van der Waals surface area (Å²) < 4.78 is 5.23. The topological polar surface area (TPSA) is 82.3 Å². The van der Waals surface area contributed by atoms with Crippen LogP contribution in [0.5, 0.6) is 0 Å². The molecule has 0 radical (unpaired) electrons. The van der Waals surface area contributed by atoms with E-state index in [1.165, 1.54) is 12.3 Å². The quantitative estimate of drug-likeness (QED) is 0.480. The number of hydrogen-bond donors (Lipinski definition) is 0. The fraction of sp³-hybridized carbons (Fsp3) is 0.333. The van der Waals surface area contributed by atoms with Crippen molar-refractivity contribution < 1.29 is 14.5 Å². The normalized spacial score (nSPS) is 9.88. The standard InChI is InChI=1S/C9H9BrN2O4/c1-2-16-9(13)3-6-5-11-8(12(14)15)4-7(6)10/h4-5H,2-3H2,1H3. The van der Waals surface area contributed by atoms with Gasteiger partial charge in [-0.3, -0.25) is 4.79 Å². The number of rotatable bonds is 4. The Labute approximate surface area is 99.9 Å². The summed E-state index contributed by atoms with van der Waals surface area (Å²) in [6, 6.07) is 1.26. The second-order valence-electron chi connectivity index (χ2n) is 2.87. The smallest absolute Gasteiger partial charge is 0.364 e. The highest BCUT2D eigenvalue weighted by Crippen LogP contribution is 2.21. The molecule has 16 heavy (non-hydrogen) atoms. The predicted octanol–water partition coefficient (Wildman–Crippen LogP) is 1.86. The van der Waals surface area contributed by atoms with Crippen LogP contribution in [0.25, 0.3) is 0 Å². The molecule has 0 saturated carbocycles. The Bertz CT molecular complexity index is 422. The van der Waals surface area contributed by atoms with Gasteiger partial charge in [-0.15, -0.1) is 0 Å². The van der Waals surface area contributed by atoms with E-state index in [1.807, 2.05) is 0 Å². The largest absolute Gasteiger partial charge is 0.466 e. The van der Waals surface area contributed by atoms with Crippen molar-refractivity contribution in [2.24, 2.45) is 0 Å². The Balaban J connectivity index is 2.83. The monoisotopic (exact) mass is 288 g/mol. The first-order chi connectivity index (χ1) is 7.54. The first kappa shape index (κ1) is 12.6. The molecule has 7 heteroatoms. The molecule has 0 N–H and O–H groups in total. The molecule has 0 spiro atoms. The lowest BCUT2D eigenvalue weighted by molar-refractivity contribution is -0.389. The zero-order chi connectivity index (χ0) is 12.1. The summed E-state index contributed by atoms with van der Waals surface area (Å²) in [4.78, 5) is 24.6. The minimum absolute atomic E-state index is 0.0411. The molecule has 6 nitrogen and oxygen atoms in total. The van der Waals surface area contributed by atoms with Crippen LogP contribution in [0.3, 0.4) is 0 Å². The fourth-order valence-electron chi connectivity index (χ4n) is 1.05. The summed E-state index contributed by atoms with van der Waals surface area (Å²) in [5.41, 5.74) is 0.559. The van der Waals surface area contributed by atoms with Crippen molar-refractivity contribution >= 4 is 27.7 Å². The van der Waals surface area contributed by atoms with E-state index >= 15 is 0 Å². The van der Waals surface area contributed by atoms with Gasteiger partial charge in [0.25, 0.3) is 0 Å². The highest BCUT2D eigenvalue weighted by atomic mass is 79.9. The maximum Gasteiger partial charge on any atom is 0.364 e. The third-order valence-electron chi connectivity index (χ3n) is 1.74. The van der Waals surface area contributed by atoms with Gasteiger partial charge in [-0.05, 0) is 16.8 Å². The maximum atomic E-state index is 11.2. The predicted molar refractivity (Wildman–Crippen MR) is 58.9 cm³/mol. The Hall–Kier alpha value is -1.50. The number of halogens is 1. The molecule has 1 aromatic rings. The molecular formula is C9H9BrN2O4. The molecule has 0 unspecified atom stereocenters. The first-order valence-corrected chi connectivity index (χ1v) is 5.28. The number of aromatic nitrogens is 1. The van der Waals surface area contributed by atoms with Crippen LogP contribution in [-0.2, 0) is 16.0 Å². The van der Waals surface area contributed by atoms with Crippen LogP contribution >= 0.6 is 15.9 Å². The summed E-state index contributed by atoms with van der Waals surface area (Å²) in [5.74, 6) is -0.654. The summed E-state index contributed by atoms with van der Waals surface area (Å²) in [5, 5.41) is 10.4. The van der Waals surface area contributed by atoms with Gasteiger partial charge in [0.1, 0.15) is 6.20 Å². The maximum absolute atomic E-state index is 11.2. The molecule has 1 heterocycles. The van der Waals surface area contributed by atoms with Crippen LogP contribution in [0.2, 0.25) is 0 Å². The average molecular weight is 289 g/mol. The van der Waals surface area contributed by atoms with Gasteiger partial charge in [0.15, 0.2) is 0 Å². The van der Waals surface area contributed by atoms with Crippen LogP contribution < -0.4 is 0 Å². The molecule has 0 saturated heterocycles. The van der Waals surface area contributed by atoms with E-state index in [0.717, 1.165) is 0 Å². The zero-order valence-electron chi connectivity index (χ0n) is 8.47. The molecule has 0 aliphatic carbocycles. The van der Waals surface area contributed by atoms with Crippen molar-refractivity contribution in [2.45, 2.75) is 13.3 Å². The second-order valence-corrected chi connectivity index (χ2v) is 3.73. The van der Waals surface area contributed by atoms with E-state index in [2.05, 4.69) is 20.9 Å². The van der Waals surface area contributed by atoms with Gasteiger partial charge >= 0.3 is 11.8 Å². The third-order valence-corrected chi connectivity index (χ3v) is 2.48. The van der Waals surface area contributed by atoms with Crippen molar-refractivity contribution in [3.63, 3.8) is 0 Å². The molecule has 0 amide bonds. The molecule has 1 rings (SSSR count). The highest BCUT2D eigenvalue weighted by Gasteiger charge is 2.14. The summed E-state index contributed by atoms with van der Waals surface area (Å²) in [7, 11) is 0. The molecule has 86 valence electrons. The second kappa shape index (κ2) is 5.55. The highest BCUT2D eigenvalue weighted by molar-refractivity contribution is 9.10. The van der Waals surface area contributed by atoms with Gasteiger partial charge in [0.2, 0.25) is 0 Å². The van der Waals surface area contributed by atoms with Gasteiger partial charge in [0.05, 0.1) is 19.1 Å². The number of carbonyl (C=O) groups is 1. The lowest BCUT2D eigenvalue weighted by Gasteiger charge is -2.02. The average Bonchev–Trinajstić information content (AvgIpc) is 2.21. The molecule has 0 aromatic carbocycles. The molecule has 0 fully saturated rings. The zero-order valence-corrected chi connectivity index (χ0v) is 10.1. The Kier molecular flexibility index (Phi) is 4.36. The first-order valence-electron chi connectivity index (χ1n) is 4.49. The molecule has 1 aromatic heterocycles. The number of nitrogens with zero attached hydrogens (tertiary/aromatic N) is 2. The summed E-state index contributed by atoms with van der Waals surface area (Å²) >= 11 is 3.14. The van der Waals surface area contributed by atoms with Gasteiger partial charge < -0.3 is 14.9 Å². The van der Waals surface area contributed by atoms with Crippen molar-refractivity contribution in [1.82, 2.24) is 4.98 Å². The number of pyridine rings is 1. The fourth-order valence-corrected chi connectivity index (χ4v) is 1.49. The van der Waals surface area contributed by atoms with Crippen molar-refractivity contribution in [3.8, 4) is 0 Å². The summed E-state index contributed by atoms with van der Waals surface area (Å²) in [6.07, 6.45) is 1.33. The van der Waals surface area contributed by atoms with E-state index in [-0.39, 0.29) is 18.2 Å². The van der Waals surface area contributed by atoms with Crippen molar-refractivity contribution in [1.29, 1.82) is 0 Å². The minimum Gasteiger partial charge on any atom is -0.466 e. The van der Waals surface area contributed by atoms with E-state index in [1.54, 1.807) is 6.92 Å². The Morgan fingerprint density at radius 3 is 2.88 bits per heavy atom. The SMILES string of the molecule is CCOC(=O)Cc1cnc([N+](=O)[O-])cc1Br. The van der Waals surface area contributed by atoms with Gasteiger partial charge in [0, 0.05) is 10.0 Å². The minimum atomic E-state index is -0.598. The number of carbonyl (C=O) groups excluding carboxylic acids is 1. The lowest BCUT2D eigenvalue weighted by Crippen LogP contribution is -2.08.